The van der Waals surface area contributed by atoms with Gasteiger partial charge in [-0.15, -0.1) is 0 Å². The summed E-state index contributed by atoms with van der Waals surface area (Å²) < 4.78 is 40.9. The average Bonchev–Trinajstić information content (AvgIpc) is 3.44. The first kappa shape index (κ1) is 29.6. The molecule has 12 heteroatoms. The number of likely N-dealkylation sites (tertiary alicyclic amines) is 1. The second-order valence-corrected chi connectivity index (χ2v) is 11.5. The van der Waals surface area contributed by atoms with E-state index in [-0.39, 0.29) is 31.0 Å². The van der Waals surface area contributed by atoms with Crippen LogP contribution >= 0.6 is 0 Å². The Labute approximate surface area is 235 Å². The average molecular weight is 570 g/mol. The number of alkyl halides is 2. The van der Waals surface area contributed by atoms with Gasteiger partial charge >= 0.3 is 11.8 Å². The number of carbonyl (C=O) groups excluding carboxylic acids is 4. The number of anilines is 2. The topological polar surface area (TPSA) is 123 Å². The van der Waals surface area contributed by atoms with Crippen LogP contribution in [0.3, 0.4) is 0 Å². The van der Waals surface area contributed by atoms with Crippen molar-refractivity contribution in [1.29, 1.82) is 5.26 Å². The van der Waals surface area contributed by atoms with Gasteiger partial charge in [0.2, 0.25) is 11.8 Å². The van der Waals surface area contributed by atoms with E-state index in [0.717, 1.165) is 17.0 Å². The van der Waals surface area contributed by atoms with Crippen LogP contribution in [0.25, 0.3) is 0 Å². The van der Waals surface area contributed by atoms with Crippen LogP contribution in [0, 0.1) is 22.6 Å². The number of halogens is 3. The Hall–Kier alpha value is -4.40. The molecule has 4 rings (SSSR count). The molecule has 0 unspecified atom stereocenters. The molecule has 3 atom stereocenters. The van der Waals surface area contributed by atoms with Gasteiger partial charge in [-0.25, -0.2) is 13.2 Å². The fraction of sp³-hybridized carbons (Fsp3) is 0.414. The zero-order chi connectivity index (χ0) is 30.1. The first-order valence-electron chi connectivity index (χ1n) is 13.0. The highest BCUT2D eigenvalue weighted by Crippen LogP contribution is 2.46. The van der Waals surface area contributed by atoms with E-state index in [1.54, 1.807) is 45.0 Å². The second-order valence-electron chi connectivity index (χ2n) is 11.5. The Morgan fingerprint density at radius 3 is 2.44 bits per heavy atom. The molecule has 2 aromatic rings. The van der Waals surface area contributed by atoms with Crippen LogP contribution < -0.4 is 10.6 Å². The molecular weight excluding hydrogens is 539 g/mol. The SMILES string of the molecule is CC(C)(C)C[C@@H](C(=O)N1C[C@]2(C[C@H]1C#N)C(=O)Nc1ccccc12)N(CC(F)F)C(=O)C(=O)Nc1ccc(F)cc1. The third-order valence-corrected chi connectivity index (χ3v) is 7.27. The molecule has 1 spiro atoms. The normalized spacial score (nSPS) is 20.4. The molecule has 2 aliphatic heterocycles. The van der Waals surface area contributed by atoms with Gasteiger partial charge in [0.25, 0.3) is 6.43 Å². The molecule has 1 fully saturated rings. The van der Waals surface area contributed by atoms with Crippen LogP contribution in [0.4, 0.5) is 24.5 Å². The van der Waals surface area contributed by atoms with Crippen LogP contribution in [0.5, 0.6) is 0 Å². The Kier molecular flexibility index (Phi) is 8.10. The summed E-state index contributed by atoms with van der Waals surface area (Å²) in [4.78, 5) is 55.2. The highest BCUT2D eigenvalue weighted by Gasteiger charge is 2.57. The third-order valence-electron chi connectivity index (χ3n) is 7.27. The van der Waals surface area contributed by atoms with Crippen LogP contribution in [0.15, 0.2) is 48.5 Å². The monoisotopic (exact) mass is 569 g/mol. The summed E-state index contributed by atoms with van der Waals surface area (Å²) in [5.41, 5.74) is -0.673. The predicted molar refractivity (Wildman–Crippen MR) is 143 cm³/mol. The summed E-state index contributed by atoms with van der Waals surface area (Å²) >= 11 is 0. The van der Waals surface area contributed by atoms with E-state index in [2.05, 4.69) is 10.6 Å². The lowest BCUT2D eigenvalue weighted by Gasteiger charge is -2.37. The molecule has 0 aliphatic carbocycles. The molecule has 1 saturated heterocycles. The van der Waals surface area contributed by atoms with Gasteiger partial charge in [0.1, 0.15) is 17.9 Å². The van der Waals surface area contributed by atoms with Gasteiger partial charge in [-0.1, -0.05) is 39.0 Å². The minimum absolute atomic E-state index is 0.0197. The predicted octanol–water partition coefficient (Wildman–Crippen LogP) is 3.68. The number of para-hydroxylation sites is 1. The lowest BCUT2D eigenvalue weighted by atomic mass is 9.80. The van der Waals surface area contributed by atoms with Gasteiger partial charge < -0.3 is 20.4 Å². The van der Waals surface area contributed by atoms with Crippen molar-refractivity contribution in [2.24, 2.45) is 5.41 Å². The molecule has 41 heavy (non-hydrogen) atoms. The number of fused-ring (bicyclic) bond motifs is 2. The number of carbonyl (C=O) groups is 4. The largest absolute Gasteiger partial charge is 0.325 e. The number of nitrogens with one attached hydrogen (secondary N) is 2. The molecule has 9 nitrogen and oxygen atoms in total. The highest BCUT2D eigenvalue weighted by molar-refractivity contribution is 6.40. The fourth-order valence-corrected chi connectivity index (χ4v) is 5.44. The number of nitrogens with zero attached hydrogens (tertiary/aromatic N) is 3. The van der Waals surface area contributed by atoms with Gasteiger partial charge in [-0.2, -0.15) is 5.26 Å². The molecule has 0 bridgehead atoms. The van der Waals surface area contributed by atoms with Crippen LogP contribution in [0.1, 0.15) is 39.2 Å². The highest BCUT2D eigenvalue weighted by atomic mass is 19.3. The first-order chi connectivity index (χ1) is 19.3. The minimum Gasteiger partial charge on any atom is -0.325 e. The molecule has 0 aromatic heterocycles. The molecule has 0 saturated carbocycles. The lowest BCUT2D eigenvalue weighted by Crippen LogP contribution is -2.57. The molecule has 4 amide bonds. The summed E-state index contributed by atoms with van der Waals surface area (Å²) in [5, 5.41) is 15.0. The quantitative estimate of drug-likeness (QED) is 0.514. The zero-order valence-electron chi connectivity index (χ0n) is 22.8. The van der Waals surface area contributed by atoms with E-state index in [9.17, 15) is 37.6 Å². The van der Waals surface area contributed by atoms with Gasteiger partial charge in [-0.05, 0) is 47.7 Å². The Bertz CT molecular complexity index is 1400. The summed E-state index contributed by atoms with van der Waals surface area (Å²) in [6.07, 6.45) is -3.22. The smallest absolute Gasteiger partial charge is 0.313 e. The van der Waals surface area contributed by atoms with Gasteiger partial charge in [0.15, 0.2) is 0 Å². The maximum absolute atomic E-state index is 14.1. The number of amides is 4. The van der Waals surface area contributed by atoms with Crippen molar-refractivity contribution in [3.63, 3.8) is 0 Å². The zero-order valence-corrected chi connectivity index (χ0v) is 22.8. The Balaban J connectivity index is 1.68. The van der Waals surface area contributed by atoms with E-state index >= 15 is 0 Å². The number of benzene rings is 2. The summed E-state index contributed by atoms with van der Waals surface area (Å²) in [6.45, 7) is 3.80. The number of rotatable bonds is 6. The number of hydrogen-bond acceptors (Lipinski definition) is 5. The second kappa shape index (κ2) is 11.2. The summed E-state index contributed by atoms with van der Waals surface area (Å²) in [5.74, 6) is -4.46. The minimum atomic E-state index is -3.09. The number of nitriles is 1. The van der Waals surface area contributed by atoms with Gasteiger partial charge in [0, 0.05) is 24.3 Å². The van der Waals surface area contributed by atoms with Crippen LogP contribution in [-0.4, -0.2) is 65.0 Å². The van der Waals surface area contributed by atoms with Gasteiger partial charge in [0.05, 0.1) is 18.0 Å². The van der Waals surface area contributed by atoms with Crippen molar-refractivity contribution < 1.29 is 32.3 Å². The van der Waals surface area contributed by atoms with Crippen molar-refractivity contribution in [1.82, 2.24) is 9.80 Å². The Morgan fingerprint density at radius 1 is 1.17 bits per heavy atom. The van der Waals surface area contributed by atoms with E-state index < -0.39 is 59.4 Å². The maximum Gasteiger partial charge on any atom is 0.313 e. The van der Waals surface area contributed by atoms with E-state index in [0.29, 0.717) is 16.2 Å². The molecule has 216 valence electrons. The first-order valence-corrected chi connectivity index (χ1v) is 13.0. The molecule has 2 N–H and O–H groups in total. The van der Waals surface area contributed by atoms with E-state index in [1.165, 1.54) is 12.1 Å². The van der Waals surface area contributed by atoms with Crippen LogP contribution in [0.2, 0.25) is 0 Å². The summed E-state index contributed by atoms with van der Waals surface area (Å²) in [7, 11) is 0. The standard InChI is InChI=1S/C29H30F3N5O4/c1-28(2,3)13-22(36(15-23(31)32)26(40)24(38)34-18-10-8-17(30)9-11-18)25(39)37-16-29(12-19(37)14-33)20-6-4-5-7-21(20)35-27(29)41/h4-11,19,22-23H,12-13,15-16H2,1-3H3,(H,34,38)(H,35,41)/t19-,22-,29-/m0/s1. The van der Waals surface area contributed by atoms with Crippen molar-refractivity contribution in [3.05, 3.63) is 59.9 Å². The van der Waals surface area contributed by atoms with E-state index in [4.69, 9.17) is 0 Å². The van der Waals surface area contributed by atoms with Gasteiger partial charge in [-0.3, -0.25) is 19.2 Å². The van der Waals surface area contributed by atoms with E-state index in [1.807, 2.05) is 6.07 Å². The molecule has 0 radical (unpaired) electrons. The van der Waals surface area contributed by atoms with Crippen molar-refractivity contribution in [2.75, 3.05) is 23.7 Å². The Morgan fingerprint density at radius 2 is 1.83 bits per heavy atom. The lowest BCUT2D eigenvalue weighted by molar-refractivity contribution is -0.153. The van der Waals surface area contributed by atoms with Crippen LogP contribution in [-0.2, 0) is 24.6 Å². The molecule has 2 aliphatic rings. The summed E-state index contributed by atoms with van der Waals surface area (Å²) in [6, 6.07) is 10.8. The molecule has 2 aromatic carbocycles. The number of hydrogen-bond donors (Lipinski definition) is 2. The molecule has 2 heterocycles. The van der Waals surface area contributed by atoms with Crippen molar-refractivity contribution >= 4 is 35.0 Å². The maximum atomic E-state index is 14.1. The van der Waals surface area contributed by atoms with Crippen molar-refractivity contribution in [3.8, 4) is 6.07 Å². The third kappa shape index (κ3) is 6.04. The molecular formula is C29H30F3N5O4. The fourth-order valence-electron chi connectivity index (χ4n) is 5.44. The van der Waals surface area contributed by atoms with Crippen molar-refractivity contribution in [2.45, 2.75) is 57.5 Å².